The first-order valence-corrected chi connectivity index (χ1v) is 6.92. The summed E-state index contributed by atoms with van der Waals surface area (Å²) in [6.07, 6.45) is 6.75. The summed E-state index contributed by atoms with van der Waals surface area (Å²) in [4.78, 5) is 7.01. The minimum Gasteiger partial charge on any atom is -0.303 e. The van der Waals surface area contributed by atoms with Crippen molar-refractivity contribution in [3.63, 3.8) is 0 Å². The van der Waals surface area contributed by atoms with E-state index in [1.54, 1.807) is 10.7 Å². The van der Waals surface area contributed by atoms with Crippen LogP contribution in [0.3, 0.4) is 0 Å². The molecular formula is C13H17ClN4. The van der Waals surface area contributed by atoms with Crippen molar-refractivity contribution < 1.29 is 0 Å². The lowest BCUT2D eigenvalue weighted by molar-refractivity contribution is 0.230. The molecule has 0 atom stereocenters. The highest BCUT2D eigenvalue weighted by molar-refractivity contribution is 6.30. The van der Waals surface area contributed by atoms with Gasteiger partial charge < -0.3 is 4.90 Å². The number of nitrogens with zero attached hydrogens (tertiary/aromatic N) is 4. The first-order valence-electron chi connectivity index (χ1n) is 6.54. The molecular weight excluding hydrogens is 248 g/mol. The van der Waals surface area contributed by atoms with Gasteiger partial charge in [0.05, 0.1) is 5.02 Å². The molecule has 0 spiro atoms. The maximum absolute atomic E-state index is 5.93. The third-order valence-corrected chi connectivity index (χ3v) is 3.66. The van der Waals surface area contributed by atoms with Crippen molar-refractivity contribution in [1.29, 1.82) is 0 Å². The van der Waals surface area contributed by atoms with Crippen LogP contribution in [0.15, 0.2) is 18.3 Å². The Balaban J connectivity index is 1.67. The molecule has 0 aliphatic carbocycles. The second kappa shape index (κ2) is 5.24. The molecule has 0 saturated carbocycles. The fourth-order valence-electron chi connectivity index (χ4n) is 2.45. The summed E-state index contributed by atoms with van der Waals surface area (Å²) in [7, 11) is 0. The summed E-state index contributed by atoms with van der Waals surface area (Å²) >= 11 is 5.93. The van der Waals surface area contributed by atoms with Crippen LogP contribution in [0, 0.1) is 0 Å². The largest absolute Gasteiger partial charge is 0.303 e. The Hall–Kier alpha value is -1.13. The van der Waals surface area contributed by atoms with Gasteiger partial charge >= 0.3 is 0 Å². The molecule has 1 aliphatic rings. The number of likely N-dealkylation sites (tertiary alicyclic amines) is 1. The molecule has 0 radical (unpaired) electrons. The van der Waals surface area contributed by atoms with Crippen molar-refractivity contribution in [3.05, 3.63) is 29.2 Å². The second-order valence-corrected chi connectivity index (χ2v) is 5.27. The van der Waals surface area contributed by atoms with Gasteiger partial charge in [-0.05, 0) is 38.1 Å². The standard InChI is InChI=1S/C13H17ClN4/c14-11-4-5-13-15-12(16-18(13)10-11)6-9-17-7-2-1-3-8-17/h4-5,10H,1-3,6-9H2. The maximum Gasteiger partial charge on any atom is 0.155 e. The van der Waals surface area contributed by atoms with Gasteiger partial charge in [-0.3, -0.25) is 0 Å². The molecule has 1 fully saturated rings. The van der Waals surface area contributed by atoms with Gasteiger partial charge in [0.1, 0.15) is 0 Å². The summed E-state index contributed by atoms with van der Waals surface area (Å²) in [5.74, 6) is 0.905. The molecule has 2 aromatic rings. The van der Waals surface area contributed by atoms with E-state index >= 15 is 0 Å². The molecule has 4 nitrogen and oxygen atoms in total. The minimum absolute atomic E-state index is 0.690. The van der Waals surface area contributed by atoms with E-state index in [1.165, 1.54) is 32.4 Å². The first-order chi connectivity index (χ1) is 8.81. The lowest BCUT2D eigenvalue weighted by Gasteiger charge is -2.25. The number of piperidine rings is 1. The van der Waals surface area contributed by atoms with Crippen LogP contribution in [0.1, 0.15) is 25.1 Å². The first kappa shape index (κ1) is 11.9. The Labute approximate surface area is 112 Å². The Morgan fingerprint density at radius 1 is 1.17 bits per heavy atom. The number of pyridine rings is 1. The van der Waals surface area contributed by atoms with Crippen molar-refractivity contribution in [1.82, 2.24) is 19.5 Å². The molecule has 3 heterocycles. The lowest BCUT2D eigenvalue weighted by Crippen LogP contribution is -2.31. The van der Waals surface area contributed by atoms with E-state index in [4.69, 9.17) is 11.6 Å². The molecule has 1 aliphatic heterocycles. The third-order valence-electron chi connectivity index (χ3n) is 3.44. The second-order valence-electron chi connectivity index (χ2n) is 4.83. The molecule has 18 heavy (non-hydrogen) atoms. The quantitative estimate of drug-likeness (QED) is 0.854. The summed E-state index contributed by atoms with van der Waals surface area (Å²) < 4.78 is 1.76. The van der Waals surface area contributed by atoms with Crippen LogP contribution in [0.2, 0.25) is 5.02 Å². The van der Waals surface area contributed by atoms with E-state index in [2.05, 4.69) is 15.0 Å². The van der Waals surface area contributed by atoms with E-state index in [0.717, 1.165) is 24.4 Å². The zero-order valence-corrected chi connectivity index (χ0v) is 11.1. The number of hydrogen-bond donors (Lipinski definition) is 0. The monoisotopic (exact) mass is 264 g/mol. The van der Waals surface area contributed by atoms with E-state index < -0.39 is 0 Å². The van der Waals surface area contributed by atoms with E-state index in [1.807, 2.05) is 12.1 Å². The van der Waals surface area contributed by atoms with Gasteiger partial charge in [-0.1, -0.05) is 18.0 Å². The third kappa shape index (κ3) is 2.65. The van der Waals surface area contributed by atoms with Crippen LogP contribution in [0.5, 0.6) is 0 Å². The van der Waals surface area contributed by atoms with Gasteiger partial charge in [0.15, 0.2) is 11.5 Å². The Bertz CT molecular complexity index is 531. The van der Waals surface area contributed by atoms with Crippen LogP contribution in [0.4, 0.5) is 0 Å². The maximum atomic E-state index is 5.93. The van der Waals surface area contributed by atoms with Crippen LogP contribution in [0.25, 0.3) is 5.65 Å². The van der Waals surface area contributed by atoms with Crippen molar-refractivity contribution in [2.24, 2.45) is 0 Å². The van der Waals surface area contributed by atoms with Crippen LogP contribution in [-0.4, -0.2) is 39.1 Å². The molecule has 0 unspecified atom stereocenters. The van der Waals surface area contributed by atoms with Gasteiger partial charge in [-0.25, -0.2) is 9.50 Å². The molecule has 3 rings (SSSR count). The Morgan fingerprint density at radius 2 is 2.00 bits per heavy atom. The molecule has 0 aromatic carbocycles. The predicted octanol–water partition coefficient (Wildman–Crippen LogP) is 2.41. The summed E-state index contributed by atoms with van der Waals surface area (Å²) in [5, 5.41) is 5.14. The average Bonchev–Trinajstić information content (AvgIpc) is 2.79. The lowest BCUT2D eigenvalue weighted by atomic mass is 10.1. The molecule has 96 valence electrons. The highest BCUT2D eigenvalue weighted by Crippen LogP contribution is 2.11. The number of rotatable bonds is 3. The highest BCUT2D eigenvalue weighted by atomic mass is 35.5. The highest BCUT2D eigenvalue weighted by Gasteiger charge is 2.11. The summed E-state index contributed by atoms with van der Waals surface area (Å²) in [6.45, 7) is 3.50. The molecule has 0 N–H and O–H groups in total. The normalized spacial score (nSPS) is 17.4. The van der Waals surface area contributed by atoms with E-state index in [0.29, 0.717) is 5.02 Å². The number of halogens is 1. The number of aromatic nitrogens is 3. The molecule has 0 bridgehead atoms. The van der Waals surface area contributed by atoms with E-state index in [-0.39, 0.29) is 0 Å². The van der Waals surface area contributed by atoms with Gasteiger partial charge in [0, 0.05) is 19.2 Å². The summed E-state index contributed by atoms with van der Waals surface area (Å²) in [5.41, 5.74) is 0.869. The van der Waals surface area contributed by atoms with Crippen molar-refractivity contribution in [3.8, 4) is 0 Å². The Kier molecular flexibility index (Phi) is 3.48. The topological polar surface area (TPSA) is 33.4 Å². The molecule has 5 heteroatoms. The smallest absolute Gasteiger partial charge is 0.155 e. The van der Waals surface area contributed by atoms with Crippen molar-refractivity contribution >= 4 is 17.2 Å². The summed E-state index contributed by atoms with van der Waals surface area (Å²) in [6, 6.07) is 3.75. The van der Waals surface area contributed by atoms with Gasteiger partial charge in [0.2, 0.25) is 0 Å². The average molecular weight is 265 g/mol. The van der Waals surface area contributed by atoms with E-state index in [9.17, 15) is 0 Å². The molecule has 2 aromatic heterocycles. The fourth-order valence-corrected chi connectivity index (χ4v) is 2.61. The van der Waals surface area contributed by atoms with Gasteiger partial charge in [-0.2, -0.15) is 5.10 Å². The van der Waals surface area contributed by atoms with Crippen LogP contribution >= 0.6 is 11.6 Å². The van der Waals surface area contributed by atoms with Crippen LogP contribution in [-0.2, 0) is 6.42 Å². The van der Waals surface area contributed by atoms with Crippen molar-refractivity contribution in [2.75, 3.05) is 19.6 Å². The minimum atomic E-state index is 0.690. The number of fused-ring (bicyclic) bond motifs is 1. The predicted molar refractivity (Wildman–Crippen MR) is 72.0 cm³/mol. The van der Waals surface area contributed by atoms with Gasteiger partial charge in [-0.15, -0.1) is 0 Å². The SMILES string of the molecule is Clc1ccc2nc(CCN3CCCCC3)nn2c1. The zero-order chi connectivity index (χ0) is 12.4. The zero-order valence-electron chi connectivity index (χ0n) is 10.3. The number of hydrogen-bond acceptors (Lipinski definition) is 3. The molecule has 0 amide bonds. The molecule has 1 saturated heterocycles. The Morgan fingerprint density at radius 3 is 2.83 bits per heavy atom. The van der Waals surface area contributed by atoms with Crippen molar-refractivity contribution in [2.45, 2.75) is 25.7 Å². The fraction of sp³-hybridized carbons (Fsp3) is 0.538. The van der Waals surface area contributed by atoms with Crippen LogP contribution < -0.4 is 0 Å². The van der Waals surface area contributed by atoms with Gasteiger partial charge in [0.25, 0.3) is 0 Å².